The molecule has 0 amide bonds. The van der Waals surface area contributed by atoms with Crippen molar-refractivity contribution in [2.45, 2.75) is 24.4 Å². The molecule has 4 aliphatic rings. The lowest BCUT2D eigenvalue weighted by Gasteiger charge is -2.21. The Morgan fingerprint density at radius 2 is 1.03 bits per heavy atom. The Kier molecular flexibility index (Phi) is 5.52. The Morgan fingerprint density at radius 1 is 0.562 bits per heavy atom. The molecule has 0 N–H and O–H groups in total. The summed E-state index contributed by atoms with van der Waals surface area (Å²) >= 11 is 0. The zero-order valence-corrected chi connectivity index (χ0v) is 17.7. The quantitative estimate of drug-likeness (QED) is 0.437. The maximum Gasteiger partial charge on any atom is 0.172 e. The molecule has 2 aromatic rings. The number of benzene rings is 2. The van der Waals surface area contributed by atoms with Crippen LogP contribution in [0.15, 0.2) is 36.4 Å². The summed E-state index contributed by atoms with van der Waals surface area (Å²) < 4.78 is 46.0. The van der Waals surface area contributed by atoms with Crippen LogP contribution in [0.2, 0.25) is 0 Å². The predicted molar refractivity (Wildman–Crippen MR) is 113 cm³/mol. The molecule has 0 aliphatic carbocycles. The molecule has 0 aromatic heterocycles. The van der Waals surface area contributed by atoms with Crippen LogP contribution in [0.4, 0.5) is 0 Å². The monoisotopic (exact) mass is 442 g/mol. The molecule has 4 fully saturated rings. The van der Waals surface area contributed by atoms with E-state index in [4.69, 9.17) is 37.9 Å². The van der Waals surface area contributed by atoms with Gasteiger partial charge in [0.25, 0.3) is 0 Å². The highest BCUT2D eigenvalue weighted by molar-refractivity contribution is 5.83. The smallest absolute Gasteiger partial charge is 0.172 e. The Bertz CT molecular complexity index is 947. The molecular formula is C24H26O8. The third kappa shape index (κ3) is 5.10. The van der Waals surface area contributed by atoms with Crippen LogP contribution in [-0.4, -0.2) is 77.3 Å². The molecule has 0 bridgehead atoms. The fraction of sp³-hybridized carbons (Fsp3) is 0.500. The third-order valence-corrected chi connectivity index (χ3v) is 5.54. The van der Waals surface area contributed by atoms with Crippen LogP contribution in [0.25, 0.3) is 11.1 Å². The van der Waals surface area contributed by atoms with E-state index >= 15 is 0 Å². The van der Waals surface area contributed by atoms with Gasteiger partial charge in [0.2, 0.25) is 0 Å². The molecule has 0 radical (unpaired) electrons. The molecule has 32 heavy (non-hydrogen) atoms. The van der Waals surface area contributed by atoms with Crippen LogP contribution in [0.1, 0.15) is 0 Å². The Hall–Kier alpha value is -2.52. The molecule has 2 aromatic carbocycles. The first kappa shape index (κ1) is 20.1. The second kappa shape index (κ2) is 8.78. The molecule has 170 valence electrons. The largest absolute Gasteiger partial charge is 0.490 e. The van der Waals surface area contributed by atoms with Gasteiger partial charge < -0.3 is 37.9 Å². The predicted octanol–water partition coefficient (Wildman–Crippen LogP) is 2.46. The minimum Gasteiger partial charge on any atom is -0.490 e. The molecule has 4 heterocycles. The van der Waals surface area contributed by atoms with Crippen molar-refractivity contribution in [3.63, 3.8) is 0 Å². The van der Waals surface area contributed by atoms with Crippen molar-refractivity contribution in [1.82, 2.24) is 0 Å². The molecule has 4 atom stereocenters. The minimum absolute atomic E-state index is 0.102. The fourth-order valence-electron chi connectivity index (χ4n) is 3.36. The lowest BCUT2D eigenvalue weighted by molar-refractivity contribution is 0.225. The van der Waals surface area contributed by atoms with E-state index in [0.717, 1.165) is 36.7 Å². The first-order chi connectivity index (χ1) is 15.8. The summed E-state index contributed by atoms with van der Waals surface area (Å²) in [5, 5.41) is 0. The van der Waals surface area contributed by atoms with Crippen molar-refractivity contribution in [1.29, 1.82) is 0 Å². The molecule has 0 spiro atoms. The van der Waals surface area contributed by atoms with E-state index in [9.17, 15) is 0 Å². The topological polar surface area (TPSA) is 87.0 Å². The molecule has 4 saturated heterocycles. The van der Waals surface area contributed by atoms with Gasteiger partial charge in [-0.2, -0.15) is 0 Å². The second-order valence-electron chi connectivity index (χ2n) is 8.33. The van der Waals surface area contributed by atoms with Crippen molar-refractivity contribution in [2.24, 2.45) is 0 Å². The summed E-state index contributed by atoms with van der Waals surface area (Å²) in [5.41, 5.74) is 1.67. The van der Waals surface area contributed by atoms with Gasteiger partial charge in [-0.3, -0.25) is 0 Å². The first-order valence-electron chi connectivity index (χ1n) is 11.1. The highest BCUT2D eigenvalue weighted by atomic mass is 16.6. The van der Waals surface area contributed by atoms with E-state index in [0.29, 0.717) is 50.3 Å². The zero-order valence-electron chi connectivity index (χ0n) is 17.7. The second-order valence-corrected chi connectivity index (χ2v) is 8.33. The van der Waals surface area contributed by atoms with Crippen LogP contribution in [-0.2, 0) is 18.9 Å². The van der Waals surface area contributed by atoms with E-state index < -0.39 is 0 Å². The van der Waals surface area contributed by atoms with Gasteiger partial charge in [-0.1, -0.05) is 18.2 Å². The molecule has 4 aliphatic heterocycles. The van der Waals surface area contributed by atoms with Gasteiger partial charge in [0.05, 0.1) is 32.0 Å². The zero-order chi connectivity index (χ0) is 21.3. The molecule has 6 rings (SSSR count). The maximum absolute atomic E-state index is 6.27. The Morgan fingerprint density at radius 3 is 1.62 bits per heavy atom. The van der Waals surface area contributed by atoms with Gasteiger partial charge in [0.15, 0.2) is 11.5 Å². The van der Waals surface area contributed by atoms with Crippen molar-refractivity contribution in [3.05, 3.63) is 36.4 Å². The molecule has 8 nitrogen and oxygen atoms in total. The highest BCUT2D eigenvalue weighted by Gasteiger charge is 2.30. The molecule has 4 unspecified atom stereocenters. The summed E-state index contributed by atoms with van der Waals surface area (Å²) in [4.78, 5) is 0. The van der Waals surface area contributed by atoms with Crippen LogP contribution in [0, 0.1) is 0 Å². The van der Waals surface area contributed by atoms with Gasteiger partial charge in [-0.15, -0.1) is 0 Å². The third-order valence-electron chi connectivity index (χ3n) is 5.54. The van der Waals surface area contributed by atoms with Crippen molar-refractivity contribution in [2.75, 3.05) is 52.9 Å². The van der Waals surface area contributed by atoms with Gasteiger partial charge in [-0.25, -0.2) is 0 Å². The maximum atomic E-state index is 6.27. The molecular weight excluding hydrogens is 416 g/mol. The van der Waals surface area contributed by atoms with Gasteiger partial charge in [-0.05, 0) is 18.2 Å². The van der Waals surface area contributed by atoms with Crippen molar-refractivity contribution >= 4 is 0 Å². The summed E-state index contributed by atoms with van der Waals surface area (Å²) in [6.07, 6.45) is 0.524. The lowest BCUT2D eigenvalue weighted by atomic mass is 10.0. The van der Waals surface area contributed by atoms with E-state index in [1.54, 1.807) is 0 Å². The van der Waals surface area contributed by atoms with Gasteiger partial charge >= 0.3 is 0 Å². The number of hydrogen-bond donors (Lipinski definition) is 0. The number of hydrogen-bond acceptors (Lipinski definition) is 8. The summed E-state index contributed by atoms with van der Waals surface area (Å²) in [7, 11) is 0. The summed E-state index contributed by atoms with van der Waals surface area (Å²) in [5.74, 6) is 2.70. The Labute approximate surface area is 186 Å². The van der Waals surface area contributed by atoms with E-state index in [1.165, 1.54) is 0 Å². The Balaban J connectivity index is 1.37. The average Bonchev–Trinajstić information content (AvgIpc) is 3.65. The van der Waals surface area contributed by atoms with E-state index in [2.05, 4.69) is 0 Å². The van der Waals surface area contributed by atoms with Gasteiger partial charge in [0.1, 0.15) is 62.3 Å². The SMILES string of the molecule is c1ccc(-c2c(OCC3CO3)ccc(OCC3CO3)c2OCC2CO2)c(OCC2CO2)c1. The molecule has 8 heteroatoms. The highest BCUT2D eigenvalue weighted by Crippen LogP contribution is 2.48. The first-order valence-corrected chi connectivity index (χ1v) is 11.1. The van der Waals surface area contributed by atoms with E-state index in [1.807, 2.05) is 36.4 Å². The van der Waals surface area contributed by atoms with Crippen LogP contribution >= 0.6 is 0 Å². The molecule has 0 saturated carbocycles. The number of ether oxygens (including phenoxy) is 8. The summed E-state index contributed by atoms with van der Waals surface area (Å²) in [6, 6.07) is 11.7. The van der Waals surface area contributed by atoms with Crippen molar-refractivity contribution in [3.8, 4) is 34.1 Å². The summed E-state index contributed by atoms with van der Waals surface area (Å²) in [6.45, 7) is 4.79. The standard InChI is InChI=1S/C24H26O8/c1-2-4-20(29-11-15-7-25-15)19(3-1)23-21(30-12-16-8-26-16)5-6-22(31-13-17-9-27-17)24(23)32-14-18-10-28-18/h1-6,15-18H,7-14H2. The lowest BCUT2D eigenvalue weighted by Crippen LogP contribution is -2.12. The minimum atomic E-state index is 0.102. The van der Waals surface area contributed by atoms with Crippen LogP contribution < -0.4 is 18.9 Å². The average molecular weight is 442 g/mol. The number of para-hydroxylation sites is 1. The fourth-order valence-corrected chi connectivity index (χ4v) is 3.36. The normalized spacial score (nSPS) is 26.9. The van der Waals surface area contributed by atoms with E-state index in [-0.39, 0.29) is 24.4 Å². The van der Waals surface area contributed by atoms with Crippen LogP contribution in [0.5, 0.6) is 23.0 Å². The van der Waals surface area contributed by atoms with Crippen molar-refractivity contribution < 1.29 is 37.9 Å². The van der Waals surface area contributed by atoms with Gasteiger partial charge in [0, 0.05) is 5.56 Å². The number of epoxide rings is 4. The van der Waals surface area contributed by atoms with Crippen LogP contribution in [0.3, 0.4) is 0 Å². The number of rotatable bonds is 13.